The van der Waals surface area contributed by atoms with Gasteiger partial charge in [0.15, 0.2) is 5.79 Å². The van der Waals surface area contributed by atoms with Crippen LogP contribution in [0.3, 0.4) is 0 Å². The van der Waals surface area contributed by atoms with E-state index in [1.54, 1.807) is 0 Å². The summed E-state index contributed by atoms with van der Waals surface area (Å²) in [5.41, 5.74) is 0.467. The van der Waals surface area contributed by atoms with E-state index in [1.807, 2.05) is 0 Å². The first kappa shape index (κ1) is 26.8. The van der Waals surface area contributed by atoms with Crippen LogP contribution in [0.15, 0.2) is 0 Å². The molecule has 7 rings (SSSR count). The molecule has 3 heterocycles. The first-order valence-electron chi connectivity index (χ1n) is 16.5. The topological polar surface area (TPSA) is 36.9 Å². The molecule has 7 aliphatic rings. The van der Waals surface area contributed by atoms with Gasteiger partial charge in [0.2, 0.25) is 0 Å². The van der Waals surface area contributed by atoms with E-state index in [-0.39, 0.29) is 24.1 Å². The summed E-state index contributed by atoms with van der Waals surface area (Å²) in [5.74, 6) is 5.55. The van der Waals surface area contributed by atoms with Gasteiger partial charge in [0.1, 0.15) is 0 Å². The van der Waals surface area contributed by atoms with Crippen LogP contribution >= 0.6 is 0 Å². The van der Waals surface area contributed by atoms with Gasteiger partial charge < -0.3 is 18.8 Å². The Morgan fingerprint density at radius 3 is 2.11 bits per heavy atom. The third-order valence-electron chi connectivity index (χ3n) is 14.6. The molecule has 3 saturated heterocycles. The molecule has 7 fully saturated rings. The SMILES string of the molecule is C[C@@H]1CC[C@@]2(OC1)O[C@H]1C[C@H]3[C@@H]4CC[C@H]5C[C@@H](B6OC(C)(C)C(C)(C)O6)CC[C@]5(C)[C@H]4CC[C@]3(C)[C@H]1[C@@H]2C. The molecule has 0 N–H and O–H groups in total. The van der Waals surface area contributed by atoms with E-state index in [0.29, 0.717) is 40.5 Å². The highest BCUT2D eigenvalue weighted by molar-refractivity contribution is 6.47. The summed E-state index contributed by atoms with van der Waals surface area (Å²) in [6.07, 6.45) is 13.6. The monoisotopic (exact) mass is 526 g/mol. The van der Waals surface area contributed by atoms with Gasteiger partial charge in [0.25, 0.3) is 0 Å². The van der Waals surface area contributed by atoms with Crippen molar-refractivity contribution in [2.24, 2.45) is 52.3 Å². The van der Waals surface area contributed by atoms with Gasteiger partial charge >= 0.3 is 7.12 Å². The van der Waals surface area contributed by atoms with Crippen molar-refractivity contribution in [1.82, 2.24) is 0 Å². The molecule has 0 radical (unpaired) electrons. The highest BCUT2D eigenvalue weighted by atomic mass is 16.7. The minimum Gasteiger partial charge on any atom is -0.403 e. The zero-order valence-electron chi connectivity index (χ0n) is 25.7. The Hall–Kier alpha value is -0.0951. The van der Waals surface area contributed by atoms with Gasteiger partial charge in [-0.25, -0.2) is 0 Å². The zero-order valence-corrected chi connectivity index (χ0v) is 25.7. The van der Waals surface area contributed by atoms with Gasteiger partial charge in [0, 0.05) is 12.3 Å². The van der Waals surface area contributed by atoms with Crippen molar-refractivity contribution in [3.8, 4) is 0 Å². The van der Waals surface area contributed by atoms with E-state index >= 15 is 0 Å². The van der Waals surface area contributed by atoms with E-state index in [1.165, 1.54) is 57.8 Å². The van der Waals surface area contributed by atoms with Crippen molar-refractivity contribution in [3.05, 3.63) is 0 Å². The van der Waals surface area contributed by atoms with Gasteiger partial charge in [-0.05, 0) is 131 Å². The Kier molecular flexibility index (Phi) is 5.98. The van der Waals surface area contributed by atoms with E-state index in [0.717, 1.165) is 36.7 Å². The third kappa shape index (κ3) is 3.56. The second kappa shape index (κ2) is 8.48. The standard InChI is InChI=1S/C33H55BO4/c1-20-11-16-33(35-19-20)21(2)28-27(36-33)18-26-24-10-9-22-17-23(34-37-29(3,4)30(5,6)38-34)12-14-31(22,7)25(24)13-15-32(26,28)8/h20-28H,9-19H2,1-8H3/t20-,21+,22+,23+,24-,25+,26+,27+,28+,31+,32+,33-/m1/s1. The van der Waals surface area contributed by atoms with E-state index in [9.17, 15) is 0 Å². The third-order valence-corrected chi connectivity index (χ3v) is 14.6. The number of hydrogen-bond donors (Lipinski definition) is 0. The lowest BCUT2D eigenvalue weighted by molar-refractivity contribution is -0.273. The minimum absolute atomic E-state index is 0.0259. The Bertz CT molecular complexity index is 925. The highest BCUT2D eigenvalue weighted by Crippen LogP contribution is 2.72. The predicted molar refractivity (Wildman–Crippen MR) is 152 cm³/mol. The average Bonchev–Trinajstić information content (AvgIpc) is 3.38. The lowest BCUT2D eigenvalue weighted by Gasteiger charge is -2.61. The number of fused-ring (bicyclic) bond motifs is 7. The van der Waals surface area contributed by atoms with Crippen LogP contribution in [0.4, 0.5) is 0 Å². The summed E-state index contributed by atoms with van der Waals surface area (Å²) in [6, 6.07) is 0. The molecule has 214 valence electrons. The second-order valence-electron chi connectivity index (χ2n) is 16.8. The average molecular weight is 527 g/mol. The van der Waals surface area contributed by atoms with Crippen LogP contribution in [0.1, 0.15) is 120 Å². The molecule has 0 bridgehead atoms. The number of ether oxygens (including phenoxy) is 2. The van der Waals surface area contributed by atoms with E-state index in [4.69, 9.17) is 18.8 Å². The largest absolute Gasteiger partial charge is 0.461 e. The fourth-order valence-corrected chi connectivity index (χ4v) is 11.6. The van der Waals surface area contributed by atoms with Crippen LogP contribution in [0.2, 0.25) is 5.82 Å². The number of rotatable bonds is 1. The van der Waals surface area contributed by atoms with Gasteiger partial charge in [0.05, 0.1) is 23.9 Å². The molecule has 38 heavy (non-hydrogen) atoms. The van der Waals surface area contributed by atoms with Crippen LogP contribution in [0, 0.1) is 52.3 Å². The maximum Gasteiger partial charge on any atom is 0.461 e. The molecule has 0 aromatic carbocycles. The molecule has 4 nitrogen and oxygen atoms in total. The summed E-state index contributed by atoms with van der Waals surface area (Å²) >= 11 is 0. The Balaban J connectivity index is 1.07. The molecule has 0 aromatic heterocycles. The summed E-state index contributed by atoms with van der Waals surface area (Å²) in [5, 5.41) is 0. The number of hydrogen-bond acceptors (Lipinski definition) is 4. The first-order chi connectivity index (χ1) is 17.8. The van der Waals surface area contributed by atoms with Crippen molar-refractivity contribution < 1.29 is 18.8 Å². The van der Waals surface area contributed by atoms with E-state index in [2.05, 4.69) is 55.4 Å². The van der Waals surface area contributed by atoms with Crippen LogP contribution in [-0.2, 0) is 18.8 Å². The molecule has 0 amide bonds. The van der Waals surface area contributed by atoms with Crippen LogP contribution in [0.25, 0.3) is 0 Å². The van der Waals surface area contributed by atoms with Crippen LogP contribution < -0.4 is 0 Å². The fraction of sp³-hybridized carbons (Fsp3) is 1.00. The quantitative estimate of drug-likeness (QED) is 0.326. The Morgan fingerprint density at radius 1 is 0.711 bits per heavy atom. The lowest BCUT2D eigenvalue weighted by Crippen LogP contribution is -2.55. The summed E-state index contributed by atoms with van der Waals surface area (Å²) < 4.78 is 26.6. The predicted octanol–water partition coefficient (Wildman–Crippen LogP) is 7.90. The molecule has 4 saturated carbocycles. The fourth-order valence-electron chi connectivity index (χ4n) is 11.6. The van der Waals surface area contributed by atoms with E-state index < -0.39 is 0 Å². The molecule has 1 spiro atoms. The van der Waals surface area contributed by atoms with Gasteiger partial charge in [-0.2, -0.15) is 0 Å². The zero-order chi connectivity index (χ0) is 26.9. The molecule has 3 aliphatic heterocycles. The molecule has 0 aromatic rings. The smallest absolute Gasteiger partial charge is 0.403 e. The Morgan fingerprint density at radius 2 is 1.42 bits per heavy atom. The van der Waals surface area contributed by atoms with Crippen molar-refractivity contribution in [2.75, 3.05) is 6.61 Å². The highest BCUT2D eigenvalue weighted by Gasteiger charge is 2.69. The molecule has 4 aliphatic carbocycles. The molecular formula is C33H55BO4. The molecule has 12 atom stereocenters. The normalized spacial score (nSPS) is 56.8. The van der Waals surface area contributed by atoms with Crippen molar-refractivity contribution in [2.45, 2.75) is 149 Å². The van der Waals surface area contributed by atoms with Gasteiger partial charge in [-0.15, -0.1) is 0 Å². The molecule has 0 unspecified atom stereocenters. The summed E-state index contributed by atoms with van der Waals surface area (Å²) in [7, 11) is -0.0259. The minimum atomic E-state index is -0.289. The first-order valence-corrected chi connectivity index (χ1v) is 16.5. The summed E-state index contributed by atoms with van der Waals surface area (Å²) in [6.45, 7) is 19.9. The Labute approximate surface area is 233 Å². The van der Waals surface area contributed by atoms with Crippen molar-refractivity contribution in [3.63, 3.8) is 0 Å². The maximum atomic E-state index is 7.00. The molecular weight excluding hydrogens is 471 g/mol. The maximum absolute atomic E-state index is 7.00. The lowest BCUT2D eigenvalue weighted by atomic mass is 9.42. The van der Waals surface area contributed by atoms with Crippen LogP contribution in [-0.4, -0.2) is 36.8 Å². The van der Waals surface area contributed by atoms with Crippen LogP contribution in [0.5, 0.6) is 0 Å². The van der Waals surface area contributed by atoms with Gasteiger partial charge in [-0.1, -0.05) is 34.1 Å². The summed E-state index contributed by atoms with van der Waals surface area (Å²) in [4.78, 5) is 0. The van der Waals surface area contributed by atoms with Crippen molar-refractivity contribution >= 4 is 7.12 Å². The van der Waals surface area contributed by atoms with Gasteiger partial charge in [-0.3, -0.25) is 0 Å². The molecule has 5 heteroatoms. The second-order valence-corrected chi connectivity index (χ2v) is 16.8. The van der Waals surface area contributed by atoms with Crippen molar-refractivity contribution in [1.29, 1.82) is 0 Å².